The van der Waals surface area contributed by atoms with E-state index in [1.165, 1.54) is 0 Å². The third-order valence-electron chi connectivity index (χ3n) is 1.82. The van der Waals surface area contributed by atoms with Crippen LogP contribution in [0.25, 0.3) is 0 Å². The molecule has 1 aliphatic carbocycles. The first-order valence-corrected chi connectivity index (χ1v) is 3.42. The zero-order chi connectivity index (χ0) is 7.56. The average molecular weight is 142 g/mol. The van der Waals surface area contributed by atoms with Crippen molar-refractivity contribution < 1.29 is 15.2 Å². The number of hydrogen-bond donors (Lipinski definition) is 3. The summed E-state index contributed by atoms with van der Waals surface area (Å²) in [5.74, 6) is -0.398. The Bertz CT molecular complexity index is 135. The SMILES string of the molecule is OB(O)C1CCC=CC1O. The van der Waals surface area contributed by atoms with Crippen molar-refractivity contribution in [3.8, 4) is 0 Å². The molecule has 4 heteroatoms. The minimum Gasteiger partial charge on any atom is -0.427 e. The maximum absolute atomic E-state index is 9.13. The van der Waals surface area contributed by atoms with Crippen LogP contribution >= 0.6 is 0 Å². The Balaban J connectivity index is 2.52. The molecule has 0 saturated heterocycles. The van der Waals surface area contributed by atoms with Crippen LogP contribution in [0.4, 0.5) is 0 Å². The molecule has 0 radical (unpaired) electrons. The Morgan fingerprint density at radius 3 is 2.50 bits per heavy atom. The van der Waals surface area contributed by atoms with Crippen LogP contribution in [-0.2, 0) is 0 Å². The number of aliphatic hydroxyl groups is 1. The highest BCUT2D eigenvalue weighted by Crippen LogP contribution is 2.25. The van der Waals surface area contributed by atoms with E-state index in [1.807, 2.05) is 6.08 Å². The highest BCUT2D eigenvalue weighted by molar-refractivity contribution is 6.43. The Kier molecular flexibility index (Phi) is 2.48. The maximum atomic E-state index is 9.13. The molecule has 0 amide bonds. The van der Waals surface area contributed by atoms with Gasteiger partial charge in [-0.3, -0.25) is 0 Å². The van der Waals surface area contributed by atoms with Crippen molar-refractivity contribution in [3.05, 3.63) is 12.2 Å². The molecule has 2 atom stereocenters. The Morgan fingerprint density at radius 2 is 2.10 bits per heavy atom. The summed E-state index contributed by atoms with van der Waals surface area (Å²) >= 11 is 0. The third kappa shape index (κ3) is 1.59. The van der Waals surface area contributed by atoms with Gasteiger partial charge in [0.05, 0.1) is 6.10 Å². The van der Waals surface area contributed by atoms with Crippen LogP contribution < -0.4 is 0 Å². The number of hydrogen-bond acceptors (Lipinski definition) is 3. The van der Waals surface area contributed by atoms with E-state index in [9.17, 15) is 0 Å². The van der Waals surface area contributed by atoms with Gasteiger partial charge in [0.25, 0.3) is 0 Å². The molecule has 0 aliphatic heterocycles. The first-order valence-electron chi connectivity index (χ1n) is 3.42. The summed E-state index contributed by atoms with van der Waals surface area (Å²) in [5, 5.41) is 26.6. The highest BCUT2D eigenvalue weighted by Gasteiger charge is 2.29. The Labute approximate surface area is 60.1 Å². The minimum atomic E-state index is -1.39. The molecule has 3 N–H and O–H groups in total. The van der Waals surface area contributed by atoms with Crippen molar-refractivity contribution in [2.45, 2.75) is 24.8 Å². The van der Waals surface area contributed by atoms with E-state index in [4.69, 9.17) is 15.2 Å². The predicted octanol–water partition coefficient (Wildman–Crippen LogP) is -0.460. The van der Waals surface area contributed by atoms with Crippen molar-refractivity contribution in [3.63, 3.8) is 0 Å². The van der Waals surface area contributed by atoms with Crippen molar-refractivity contribution >= 4 is 7.12 Å². The monoisotopic (exact) mass is 142 g/mol. The number of allylic oxidation sites excluding steroid dienone is 1. The van der Waals surface area contributed by atoms with Gasteiger partial charge >= 0.3 is 7.12 Å². The molecule has 0 spiro atoms. The fraction of sp³-hybridized carbons (Fsp3) is 0.667. The second-order valence-corrected chi connectivity index (χ2v) is 2.57. The van der Waals surface area contributed by atoms with E-state index in [2.05, 4.69) is 0 Å². The van der Waals surface area contributed by atoms with Crippen molar-refractivity contribution in [2.75, 3.05) is 0 Å². The van der Waals surface area contributed by atoms with E-state index in [0.717, 1.165) is 6.42 Å². The van der Waals surface area contributed by atoms with Crippen LogP contribution in [0.3, 0.4) is 0 Å². The fourth-order valence-electron chi connectivity index (χ4n) is 1.16. The van der Waals surface area contributed by atoms with Gasteiger partial charge in [0, 0.05) is 5.82 Å². The molecule has 1 aliphatic rings. The lowest BCUT2D eigenvalue weighted by Gasteiger charge is -2.21. The smallest absolute Gasteiger partial charge is 0.427 e. The van der Waals surface area contributed by atoms with Crippen LogP contribution in [0.5, 0.6) is 0 Å². The molecule has 0 aromatic heterocycles. The van der Waals surface area contributed by atoms with E-state index in [1.54, 1.807) is 6.08 Å². The van der Waals surface area contributed by atoms with Crippen molar-refractivity contribution in [2.24, 2.45) is 0 Å². The van der Waals surface area contributed by atoms with Crippen LogP contribution in [0, 0.1) is 0 Å². The van der Waals surface area contributed by atoms with Crippen LogP contribution in [0.15, 0.2) is 12.2 Å². The molecule has 0 aromatic rings. The average Bonchev–Trinajstić information content (AvgIpc) is 1.88. The summed E-state index contributed by atoms with van der Waals surface area (Å²) in [6, 6.07) is 0. The third-order valence-corrected chi connectivity index (χ3v) is 1.82. The van der Waals surface area contributed by atoms with Gasteiger partial charge < -0.3 is 15.2 Å². The summed E-state index contributed by atoms with van der Waals surface area (Å²) in [4.78, 5) is 0. The van der Waals surface area contributed by atoms with Gasteiger partial charge in [-0.15, -0.1) is 0 Å². The van der Waals surface area contributed by atoms with Gasteiger partial charge in [0.1, 0.15) is 0 Å². The second-order valence-electron chi connectivity index (χ2n) is 2.57. The lowest BCUT2D eigenvalue weighted by Crippen LogP contribution is -2.30. The van der Waals surface area contributed by atoms with E-state index in [0.29, 0.717) is 6.42 Å². The summed E-state index contributed by atoms with van der Waals surface area (Å²) in [5.41, 5.74) is 0. The first kappa shape index (κ1) is 7.79. The molecule has 0 heterocycles. The number of aliphatic hydroxyl groups excluding tert-OH is 1. The van der Waals surface area contributed by atoms with Crippen LogP contribution in [0.1, 0.15) is 12.8 Å². The fourth-order valence-corrected chi connectivity index (χ4v) is 1.16. The molecule has 56 valence electrons. The summed E-state index contributed by atoms with van der Waals surface area (Å²) in [7, 11) is -1.39. The normalized spacial score (nSPS) is 32.3. The van der Waals surface area contributed by atoms with Gasteiger partial charge in [0.2, 0.25) is 0 Å². The number of rotatable bonds is 1. The van der Waals surface area contributed by atoms with Gasteiger partial charge in [-0.2, -0.15) is 0 Å². The molecule has 0 aromatic carbocycles. The van der Waals surface area contributed by atoms with Crippen LogP contribution in [-0.4, -0.2) is 28.4 Å². The Morgan fingerprint density at radius 1 is 1.40 bits per heavy atom. The van der Waals surface area contributed by atoms with Crippen LogP contribution in [0.2, 0.25) is 5.82 Å². The molecule has 1 rings (SSSR count). The molecule has 10 heavy (non-hydrogen) atoms. The second kappa shape index (κ2) is 3.19. The summed E-state index contributed by atoms with van der Waals surface area (Å²) < 4.78 is 0. The zero-order valence-electron chi connectivity index (χ0n) is 5.64. The Hall–Kier alpha value is -0.315. The van der Waals surface area contributed by atoms with Gasteiger partial charge in [0.15, 0.2) is 0 Å². The molecular formula is C6H11BO3. The standard InChI is InChI=1S/C6H11BO3/c8-6-4-2-1-3-5(6)7(9)10/h2,4-6,8-10H,1,3H2. The van der Waals surface area contributed by atoms with E-state index >= 15 is 0 Å². The molecule has 0 fully saturated rings. The largest absolute Gasteiger partial charge is 0.457 e. The minimum absolute atomic E-state index is 0.398. The molecule has 3 nitrogen and oxygen atoms in total. The quantitative estimate of drug-likeness (QED) is 0.343. The zero-order valence-corrected chi connectivity index (χ0v) is 5.64. The molecular weight excluding hydrogens is 131 g/mol. The summed E-state index contributed by atoms with van der Waals surface area (Å²) in [6.45, 7) is 0. The predicted molar refractivity (Wildman–Crippen MR) is 38.3 cm³/mol. The molecule has 2 unspecified atom stereocenters. The van der Waals surface area contributed by atoms with E-state index < -0.39 is 19.0 Å². The van der Waals surface area contributed by atoms with Gasteiger partial charge in [-0.1, -0.05) is 12.2 Å². The highest BCUT2D eigenvalue weighted by atomic mass is 16.4. The van der Waals surface area contributed by atoms with Gasteiger partial charge in [-0.25, -0.2) is 0 Å². The van der Waals surface area contributed by atoms with Crippen molar-refractivity contribution in [1.82, 2.24) is 0 Å². The lowest BCUT2D eigenvalue weighted by molar-refractivity contribution is 0.185. The first-order chi connectivity index (χ1) is 4.72. The molecule has 0 bridgehead atoms. The van der Waals surface area contributed by atoms with E-state index in [-0.39, 0.29) is 0 Å². The van der Waals surface area contributed by atoms with Crippen molar-refractivity contribution in [1.29, 1.82) is 0 Å². The lowest BCUT2D eigenvalue weighted by atomic mass is 9.65. The molecule has 0 saturated carbocycles. The maximum Gasteiger partial charge on any atom is 0.457 e. The summed E-state index contributed by atoms with van der Waals surface area (Å²) in [6.07, 6.45) is 4.24. The topological polar surface area (TPSA) is 60.7 Å². The van der Waals surface area contributed by atoms with Gasteiger partial charge in [-0.05, 0) is 12.8 Å².